The van der Waals surface area contributed by atoms with Crippen molar-refractivity contribution in [3.8, 4) is 11.5 Å². The van der Waals surface area contributed by atoms with Gasteiger partial charge < -0.3 is 15.2 Å². The molecule has 2 N–H and O–H groups in total. The Morgan fingerprint density at radius 2 is 2.21 bits per heavy atom. The monoisotopic (exact) mass is 263 g/mol. The zero-order valence-corrected chi connectivity index (χ0v) is 11.5. The van der Waals surface area contributed by atoms with Crippen molar-refractivity contribution in [1.82, 2.24) is 5.32 Å². The topological polar surface area (TPSA) is 58.6 Å². The lowest BCUT2D eigenvalue weighted by atomic mass is 9.87. The lowest BCUT2D eigenvalue weighted by molar-refractivity contribution is 0.0918. The van der Waals surface area contributed by atoms with Crippen LogP contribution >= 0.6 is 0 Å². The summed E-state index contributed by atoms with van der Waals surface area (Å²) < 4.78 is 5.00. The van der Waals surface area contributed by atoms with Crippen molar-refractivity contribution < 1.29 is 14.6 Å². The fraction of sp³-hybridized carbons (Fsp3) is 0.533. The first-order chi connectivity index (χ1) is 9.10. The number of phenolic OH excluding ortho intramolecular Hbond substituents is 1. The summed E-state index contributed by atoms with van der Waals surface area (Å²) >= 11 is 0. The SMILES string of the molecule is COc1ccc(C(=O)NC2CCCC(C)C2)c(O)c1. The summed E-state index contributed by atoms with van der Waals surface area (Å²) in [5.41, 5.74) is 0.305. The number of carbonyl (C=O) groups excluding carboxylic acids is 1. The van der Waals surface area contributed by atoms with Crippen LogP contribution in [-0.2, 0) is 0 Å². The average Bonchev–Trinajstić information content (AvgIpc) is 2.38. The zero-order chi connectivity index (χ0) is 13.8. The van der Waals surface area contributed by atoms with Crippen LogP contribution in [-0.4, -0.2) is 24.2 Å². The molecule has 0 spiro atoms. The number of phenols is 1. The molecule has 0 heterocycles. The van der Waals surface area contributed by atoms with Crippen LogP contribution < -0.4 is 10.1 Å². The second kappa shape index (κ2) is 5.95. The molecule has 0 aliphatic heterocycles. The third-order valence-corrected chi connectivity index (χ3v) is 3.72. The van der Waals surface area contributed by atoms with Gasteiger partial charge in [-0.3, -0.25) is 4.79 Å². The van der Waals surface area contributed by atoms with E-state index in [9.17, 15) is 9.90 Å². The molecule has 104 valence electrons. The summed E-state index contributed by atoms with van der Waals surface area (Å²) in [5.74, 6) is 0.948. The second-order valence-corrected chi connectivity index (χ2v) is 5.33. The van der Waals surface area contributed by atoms with Crippen molar-refractivity contribution in [2.24, 2.45) is 5.92 Å². The fourth-order valence-corrected chi connectivity index (χ4v) is 2.66. The molecule has 0 bridgehead atoms. The Hall–Kier alpha value is -1.71. The van der Waals surface area contributed by atoms with Gasteiger partial charge >= 0.3 is 0 Å². The molecule has 2 atom stereocenters. The predicted octanol–water partition coefficient (Wildman–Crippen LogP) is 2.71. The Morgan fingerprint density at radius 3 is 2.84 bits per heavy atom. The second-order valence-electron chi connectivity index (χ2n) is 5.33. The third kappa shape index (κ3) is 3.40. The number of nitrogens with one attached hydrogen (secondary N) is 1. The van der Waals surface area contributed by atoms with E-state index in [1.54, 1.807) is 12.1 Å². The smallest absolute Gasteiger partial charge is 0.255 e. The highest BCUT2D eigenvalue weighted by Gasteiger charge is 2.22. The highest BCUT2D eigenvalue weighted by atomic mass is 16.5. The molecule has 2 rings (SSSR count). The van der Waals surface area contributed by atoms with Crippen LogP contribution in [0.1, 0.15) is 43.0 Å². The number of carbonyl (C=O) groups is 1. The fourth-order valence-electron chi connectivity index (χ4n) is 2.66. The van der Waals surface area contributed by atoms with E-state index >= 15 is 0 Å². The minimum atomic E-state index is -0.209. The van der Waals surface area contributed by atoms with Crippen LogP contribution in [0.3, 0.4) is 0 Å². The molecule has 1 aromatic rings. The van der Waals surface area contributed by atoms with Crippen LogP contribution in [0.25, 0.3) is 0 Å². The van der Waals surface area contributed by atoms with Crippen molar-refractivity contribution in [2.45, 2.75) is 38.6 Å². The van der Waals surface area contributed by atoms with Gasteiger partial charge in [0.15, 0.2) is 0 Å². The first-order valence-electron chi connectivity index (χ1n) is 6.78. The molecular formula is C15H21NO3. The van der Waals surface area contributed by atoms with Gasteiger partial charge in [0.2, 0.25) is 0 Å². The first kappa shape index (κ1) is 13.7. The minimum absolute atomic E-state index is 0.0410. The van der Waals surface area contributed by atoms with Gasteiger partial charge in [-0.1, -0.05) is 19.8 Å². The summed E-state index contributed by atoms with van der Waals surface area (Å²) in [6.07, 6.45) is 4.43. The summed E-state index contributed by atoms with van der Waals surface area (Å²) in [6, 6.07) is 4.95. The Kier molecular flexibility index (Phi) is 4.30. The highest BCUT2D eigenvalue weighted by Crippen LogP contribution is 2.26. The summed E-state index contributed by atoms with van der Waals surface area (Å²) in [5, 5.41) is 12.8. The van der Waals surface area contributed by atoms with E-state index in [2.05, 4.69) is 12.2 Å². The molecular weight excluding hydrogens is 242 g/mol. The van der Waals surface area contributed by atoms with Gasteiger partial charge in [-0.15, -0.1) is 0 Å². The lowest BCUT2D eigenvalue weighted by Gasteiger charge is -2.27. The van der Waals surface area contributed by atoms with E-state index in [0.717, 1.165) is 19.3 Å². The Bertz CT molecular complexity index is 459. The standard InChI is InChI=1S/C15H21NO3/c1-10-4-3-5-11(8-10)16-15(18)13-7-6-12(19-2)9-14(13)17/h6-7,9-11,17H,3-5,8H2,1-2H3,(H,16,18). The molecule has 1 fully saturated rings. The number of aromatic hydroxyl groups is 1. The average molecular weight is 263 g/mol. The summed E-state index contributed by atoms with van der Waals surface area (Å²) in [6.45, 7) is 2.21. The van der Waals surface area contributed by atoms with Crippen molar-refractivity contribution in [3.05, 3.63) is 23.8 Å². The van der Waals surface area contributed by atoms with Crippen LogP contribution in [0.15, 0.2) is 18.2 Å². The van der Waals surface area contributed by atoms with Gasteiger partial charge in [0.25, 0.3) is 5.91 Å². The van der Waals surface area contributed by atoms with Crippen molar-refractivity contribution >= 4 is 5.91 Å². The van der Waals surface area contributed by atoms with Gasteiger partial charge in [-0.05, 0) is 30.9 Å². The molecule has 4 heteroatoms. The lowest BCUT2D eigenvalue weighted by Crippen LogP contribution is -2.37. The van der Waals surface area contributed by atoms with Gasteiger partial charge in [0.05, 0.1) is 12.7 Å². The van der Waals surface area contributed by atoms with E-state index < -0.39 is 0 Å². The molecule has 1 amide bonds. The molecule has 1 saturated carbocycles. The predicted molar refractivity (Wildman–Crippen MR) is 73.5 cm³/mol. The van der Waals surface area contributed by atoms with Crippen molar-refractivity contribution in [2.75, 3.05) is 7.11 Å². The molecule has 0 aromatic heterocycles. The highest BCUT2D eigenvalue weighted by molar-refractivity contribution is 5.97. The van der Waals surface area contributed by atoms with Crippen LogP contribution in [0, 0.1) is 5.92 Å². The number of rotatable bonds is 3. The van der Waals surface area contributed by atoms with E-state index in [4.69, 9.17) is 4.74 Å². The Labute approximate surface area is 113 Å². The molecule has 4 nitrogen and oxygen atoms in total. The Balaban J connectivity index is 2.03. The number of hydrogen-bond donors (Lipinski definition) is 2. The number of benzene rings is 1. The van der Waals surface area contributed by atoms with Gasteiger partial charge in [-0.2, -0.15) is 0 Å². The molecule has 2 unspecified atom stereocenters. The molecule has 0 radical (unpaired) electrons. The maximum absolute atomic E-state index is 12.1. The van der Waals surface area contributed by atoms with Crippen LogP contribution in [0.4, 0.5) is 0 Å². The van der Waals surface area contributed by atoms with E-state index in [0.29, 0.717) is 17.2 Å². The van der Waals surface area contributed by atoms with Crippen LogP contribution in [0.2, 0.25) is 0 Å². The number of amides is 1. The van der Waals surface area contributed by atoms with Gasteiger partial charge in [-0.25, -0.2) is 0 Å². The normalized spacial score (nSPS) is 22.8. The van der Waals surface area contributed by atoms with Crippen molar-refractivity contribution in [3.63, 3.8) is 0 Å². The van der Waals surface area contributed by atoms with Gasteiger partial charge in [0.1, 0.15) is 11.5 Å². The summed E-state index contributed by atoms with van der Waals surface area (Å²) in [7, 11) is 1.53. The van der Waals surface area contributed by atoms with Crippen LogP contribution in [0.5, 0.6) is 11.5 Å². The van der Waals surface area contributed by atoms with E-state index in [-0.39, 0.29) is 17.7 Å². The number of hydrogen-bond acceptors (Lipinski definition) is 3. The maximum atomic E-state index is 12.1. The maximum Gasteiger partial charge on any atom is 0.255 e. The zero-order valence-electron chi connectivity index (χ0n) is 11.5. The largest absolute Gasteiger partial charge is 0.507 e. The molecule has 0 saturated heterocycles. The minimum Gasteiger partial charge on any atom is -0.507 e. The number of methoxy groups -OCH3 is 1. The Morgan fingerprint density at radius 1 is 1.42 bits per heavy atom. The molecule has 1 aliphatic carbocycles. The molecule has 19 heavy (non-hydrogen) atoms. The molecule has 1 aromatic carbocycles. The summed E-state index contributed by atoms with van der Waals surface area (Å²) in [4.78, 5) is 12.1. The first-order valence-corrected chi connectivity index (χ1v) is 6.78. The quantitative estimate of drug-likeness (QED) is 0.881. The molecule has 1 aliphatic rings. The van der Waals surface area contributed by atoms with E-state index in [1.165, 1.54) is 19.6 Å². The van der Waals surface area contributed by atoms with Crippen molar-refractivity contribution in [1.29, 1.82) is 0 Å². The van der Waals surface area contributed by atoms with Gasteiger partial charge in [0, 0.05) is 12.1 Å². The third-order valence-electron chi connectivity index (χ3n) is 3.72. The number of ether oxygens (including phenoxy) is 1. The van der Waals surface area contributed by atoms with E-state index in [1.807, 2.05) is 0 Å².